The number of anilines is 1. The maximum atomic E-state index is 11.5. The van der Waals surface area contributed by atoms with Crippen LogP contribution in [0.4, 0.5) is 10.6 Å². The van der Waals surface area contributed by atoms with E-state index < -0.39 is 11.9 Å². The molecule has 116 valence electrons. The van der Waals surface area contributed by atoms with E-state index in [4.69, 9.17) is 11.5 Å². The lowest BCUT2D eigenvalue weighted by Gasteiger charge is -2.10. The lowest BCUT2D eigenvalue weighted by atomic mass is 10.1. The minimum atomic E-state index is -0.766. The summed E-state index contributed by atoms with van der Waals surface area (Å²) in [5, 5.41) is 2.37. The molecule has 1 aromatic carbocycles. The molecule has 0 bridgehead atoms. The van der Waals surface area contributed by atoms with Gasteiger partial charge in [0.1, 0.15) is 5.82 Å². The summed E-state index contributed by atoms with van der Waals surface area (Å²) in [6.07, 6.45) is 0. The number of carbonyl (C=O) groups excluding carboxylic acids is 2. The number of rotatable bonds is 5. The molecule has 0 saturated carbocycles. The van der Waals surface area contributed by atoms with Gasteiger partial charge in [-0.05, 0) is 37.4 Å². The number of nitrogens with zero attached hydrogens (tertiary/aromatic N) is 1. The van der Waals surface area contributed by atoms with Gasteiger partial charge in [0.2, 0.25) is 0 Å². The van der Waals surface area contributed by atoms with Crippen LogP contribution in [0.1, 0.15) is 15.9 Å². The Morgan fingerprint density at radius 2 is 1.95 bits per heavy atom. The summed E-state index contributed by atoms with van der Waals surface area (Å²) >= 11 is 0. The third-order valence-corrected chi connectivity index (χ3v) is 3.07. The number of benzene rings is 1. The highest BCUT2D eigenvalue weighted by Gasteiger charge is 2.15. The number of nitrogens with two attached hydrogens (primary N) is 2. The van der Waals surface area contributed by atoms with Crippen LogP contribution in [-0.2, 0) is 6.54 Å². The summed E-state index contributed by atoms with van der Waals surface area (Å²) in [5.41, 5.74) is 13.3. The first-order chi connectivity index (χ1) is 10.4. The molecule has 2 rings (SSSR count). The fourth-order valence-corrected chi connectivity index (χ4v) is 2.23. The third kappa shape index (κ3) is 3.64. The number of amides is 3. The quantitative estimate of drug-likeness (QED) is 0.667. The average molecular weight is 301 g/mol. The Hall–Kier alpha value is -2.80. The van der Waals surface area contributed by atoms with E-state index in [-0.39, 0.29) is 11.4 Å². The van der Waals surface area contributed by atoms with Crippen LogP contribution in [0.3, 0.4) is 0 Å². The summed E-state index contributed by atoms with van der Waals surface area (Å²) in [6, 6.07) is 8.69. The fourth-order valence-electron chi connectivity index (χ4n) is 2.23. The Bertz CT molecular complexity index is 706. The molecule has 0 spiro atoms. The summed E-state index contributed by atoms with van der Waals surface area (Å²) < 4.78 is 0. The van der Waals surface area contributed by atoms with Gasteiger partial charge in [0.05, 0.1) is 5.56 Å². The molecule has 22 heavy (non-hydrogen) atoms. The summed E-state index contributed by atoms with van der Waals surface area (Å²) in [6.45, 7) is 0.795. The van der Waals surface area contributed by atoms with E-state index in [1.54, 1.807) is 6.07 Å². The number of urea groups is 1. The van der Waals surface area contributed by atoms with E-state index in [1.807, 2.05) is 38.4 Å². The van der Waals surface area contributed by atoms with Gasteiger partial charge in [0.25, 0.3) is 5.91 Å². The number of aromatic amines is 1. The smallest absolute Gasteiger partial charge is 0.317 e. The highest BCUT2D eigenvalue weighted by atomic mass is 16.2. The summed E-state index contributed by atoms with van der Waals surface area (Å²) in [5.74, 6) is -0.441. The third-order valence-electron chi connectivity index (χ3n) is 3.07. The monoisotopic (exact) mass is 301 g/mol. The molecule has 2 aromatic rings. The van der Waals surface area contributed by atoms with Crippen LogP contribution in [-0.4, -0.2) is 35.9 Å². The molecule has 6 N–H and O–H groups in total. The molecule has 0 atom stereocenters. The second-order valence-electron chi connectivity index (χ2n) is 5.26. The predicted octanol–water partition coefficient (Wildman–Crippen LogP) is 1.33. The molecule has 0 aliphatic heterocycles. The molecule has 1 aromatic heterocycles. The Balaban J connectivity index is 2.40. The van der Waals surface area contributed by atoms with Crippen molar-refractivity contribution < 1.29 is 9.59 Å². The Morgan fingerprint density at radius 1 is 1.23 bits per heavy atom. The van der Waals surface area contributed by atoms with Gasteiger partial charge < -0.3 is 21.4 Å². The number of nitrogens with one attached hydrogen (secondary N) is 2. The van der Waals surface area contributed by atoms with Gasteiger partial charge in [-0.25, -0.2) is 4.79 Å². The second kappa shape index (κ2) is 6.31. The van der Waals surface area contributed by atoms with Crippen LogP contribution in [0.5, 0.6) is 0 Å². The van der Waals surface area contributed by atoms with E-state index in [0.29, 0.717) is 5.69 Å². The predicted molar refractivity (Wildman–Crippen MR) is 85.3 cm³/mol. The molecular weight excluding hydrogens is 282 g/mol. The van der Waals surface area contributed by atoms with Gasteiger partial charge in [-0.15, -0.1) is 0 Å². The number of H-pyrrole nitrogens is 1. The topological polar surface area (TPSA) is 117 Å². The van der Waals surface area contributed by atoms with Crippen LogP contribution in [0, 0.1) is 0 Å². The normalized spacial score (nSPS) is 10.7. The zero-order valence-corrected chi connectivity index (χ0v) is 12.5. The van der Waals surface area contributed by atoms with Crippen molar-refractivity contribution in [2.45, 2.75) is 6.54 Å². The molecular formula is C15H19N5O2. The lowest BCUT2D eigenvalue weighted by molar-refractivity contribution is 0.100. The van der Waals surface area contributed by atoms with Gasteiger partial charge in [-0.1, -0.05) is 18.2 Å². The Kier molecular flexibility index (Phi) is 4.47. The largest absolute Gasteiger partial charge is 0.365 e. The maximum Gasteiger partial charge on any atom is 0.317 e. The maximum absolute atomic E-state index is 11.5. The lowest BCUT2D eigenvalue weighted by Crippen LogP contribution is -2.22. The summed E-state index contributed by atoms with van der Waals surface area (Å²) in [7, 11) is 3.97. The van der Waals surface area contributed by atoms with Crippen LogP contribution >= 0.6 is 0 Å². The fraction of sp³-hybridized carbons (Fsp3) is 0.200. The van der Waals surface area contributed by atoms with Crippen LogP contribution in [0.25, 0.3) is 11.3 Å². The molecule has 0 aliphatic rings. The molecule has 0 unspecified atom stereocenters. The molecule has 1 heterocycles. The van der Waals surface area contributed by atoms with Crippen molar-refractivity contribution >= 4 is 17.8 Å². The first-order valence-corrected chi connectivity index (χ1v) is 6.70. The molecule has 0 fully saturated rings. The van der Waals surface area contributed by atoms with Crippen molar-refractivity contribution in [2.24, 2.45) is 11.5 Å². The van der Waals surface area contributed by atoms with Crippen molar-refractivity contribution in [3.05, 3.63) is 41.5 Å². The summed E-state index contributed by atoms with van der Waals surface area (Å²) in [4.78, 5) is 27.5. The van der Waals surface area contributed by atoms with Crippen molar-refractivity contribution in [1.82, 2.24) is 9.88 Å². The zero-order chi connectivity index (χ0) is 16.3. The van der Waals surface area contributed by atoms with E-state index in [9.17, 15) is 9.59 Å². The van der Waals surface area contributed by atoms with E-state index in [2.05, 4.69) is 15.2 Å². The average Bonchev–Trinajstić information content (AvgIpc) is 2.81. The Morgan fingerprint density at radius 3 is 2.55 bits per heavy atom. The number of hydrogen-bond acceptors (Lipinski definition) is 3. The van der Waals surface area contributed by atoms with Crippen molar-refractivity contribution in [3.8, 4) is 11.3 Å². The SMILES string of the molecule is CN(C)Cc1cccc(-c2cc(C(N)=O)c(NC(N)=O)[nH]2)c1. The van der Waals surface area contributed by atoms with Crippen molar-refractivity contribution in [1.29, 1.82) is 0 Å². The molecule has 3 amide bonds. The Labute approximate surface area is 128 Å². The van der Waals surface area contributed by atoms with Gasteiger partial charge in [0, 0.05) is 12.2 Å². The molecule has 0 radical (unpaired) electrons. The van der Waals surface area contributed by atoms with Crippen molar-refractivity contribution in [2.75, 3.05) is 19.4 Å². The second-order valence-corrected chi connectivity index (χ2v) is 5.26. The highest BCUT2D eigenvalue weighted by Crippen LogP contribution is 2.25. The molecule has 7 heteroatoms. The number of carbonyl (C=O) groups is 2. The minimum Gasteiger partial charge on any atom is -0.365 e. The first kappa shape index (κ1) is 15.6. The molecule has 0 saturated heterocycles. The number of hydrogen-bond donors (Lipinski definition) is 4. The number of primary amides is 2. The molecule has 7 nitrogen and oxygen atoms in total. The number of aromatic nitrogens is 1. The van der Waals surface area contributed by atoms with E-state index in [0.717, 1.165) is 17.7 Å². The van der Waals surface area contributed by atoms with Crippen LogP contribution < -0.4 is 16.8 Å². The van der Waals surface area contributed by atoms with Crippen LogP contribution in [0.2, 0.25) is 0 Å². The van der Waals surface area contributed by atoms with Gasteiger partial charge in [-0.2, -0.15) is 0 Å². The van der Waals surface area contributed by atoms with Gasteiger partial charge in [0.15, 0.2) is 0 Å². The standard InChI is InChI=1S/C15H19N5O2/c1-20(2)8-9-4-3-5-10(6-9)12-7-11(13(16)21)14(18-12)19-15(17)22/h3-7,18H,8H2,1-2H3,(H2,16,21)(H3,17,19,22). The first-order valence-electron chi connectivity index (χ1n) is 6.70. The molecule has 0 aliphatic carbocycles. The van der Waals surface area contributed by atoms with Crippen molar-refractivity contribution in [3.63, 3.8) is 0 Å². The van der Waals surface area contributed by atoms with Gasteiger partial charge >= 0.3 is 6.03 Å². The van der Waals surface area contributed by atoms with E-state index >= 15 is 0 Å². The van der Waals surface area contributed by atoms with Crippen LogP contribution in [0.15, 0.2) is 30.3 Å². The zero-order valence-electron chi connectivity index (χ0n) is 12.5. The minimum absolute atomic E-state index is 0.187. The highest BCUT2D eigenvalue weighted by molar-refractivity contribution is 6.02. The van der Waals surface area contributed by atoms with E-state index in [1.165, 1.54) is 0 Å². The van der Waals surface area contributed by atoms with Gasteiger partial charge in [-0.3, -0.25) is 10.1 Å².